The molecule has 0 bridgehead atoms. The summed E-state index contributed by atoms with van der Waals surface area (Å²) in [7, 11) is 0. The summed E-state index contributed by atoms with van der Waals surface area (Å²) in [5, 5.41) is 6.45. The fraction of sp³-hybridized carbons (Fsp3) is 0.667. The van der Waals surface area contributed by atoms with Crippen LogP contribution in [-0.4, -0.2) is 62.7 Å². The van der Waals surface area contributed by atoms with Gasteiger partial charge in [0.25, 0.3) is 0 Å². The lowest BCUT2D eigenvalue weighted by Gasteiger charge is -2.36. The number of hydrogen-bond donors (Lipinski definition) is 2. The van der Waals surface area contributed by atoms with Gasteiger partial charge < -0.3 is 15.5 Å². The molecule has 2 aliphatic rings. The number of amides is 1. The van der Waals surface area contributed by atoms with Crippen LogP contribution in [0.3, 0.4) is 0 Å². The lowest BCUT2D eigenvalue weighted by atomic mass is 10.1. The van der Waals surface area contributed by atoms with Gasteiger partial charge in [-0.2, -0.15) is 0 Å². The Morgan fingerprint density at radius 1 is 1.23 bits per heavy atom. The van der Waals surface area contributed by atoms with Gasteiger partial charge in [-0.15, -0.1) is 0 Å². The molecule has 2 aliphatic heterocycles. The second-order valence-electron chi connectivity index (χ2n) is 7.72. The highest BCUT2D eigenvalue weighted by molar-refractivity contribution is 5.76. The van der Waals surface area contributed by atoms with Crippen molar-refractivity contribution in [3.63, 3.8) is 0 Å². The highest BCUT2D eigenvalue weighted by atomic mass is 16.1. The van der Waals surface area contributed by atoms with E-state index in [0.717, 1.165) is 65.1 Å². The van der Waals surface area contributed by atoms with Crippen LogP contribution >= 0.6 is 0 Å². The molecule has 0 spiro atoms. The van der Waals surface area contributed by atoms with Gasteiger partial charge in [0.05, 0.1) is 0 Å². The average Bonchev–Trinajstić information content (AvgIpc) is 3.15. The van der Waals surface area contributed by atoms with Gasteiger partial charge in [-0.25, -0.2) is 0 Å². The van der Waals surface area contributed by atoms with Crippen LogP contribution in [0.5, 0.6) is 0 Å². The van der Waals surface area contributed by atoms with Crippen LogP contribution in [0, 0.1) is 6.92 Å². The average molecular weight is 359 g/mol. The van der Waals surface area contributed by atoms with Gasteiger partial charge in [0.1, 0.15) is 0 Å². The summed E-state index contributed by atoms with van der Waals surface area (Å²) in [4.78, 5) is 16.9. The first-order valence-corrected chi connectivity index (χ1v) is 10.2. The second-order valence-corrected chi connectivity index (χ2v) is 7.72. The van der Waals surface area contributed by atoms with Crippen molar-refractivity contribution in [3.8, 4) is 0 Å². The molecule has 2 heterocycles. The van der Waals surface area contributed by atoms with E-state index in [4.69, 9.17) is 0 Å². The first kappa shape index (κ1) is 19.2. The summed E-state index contributed by atoms with van der Waals surface area (Å²) in [6.45, 7) is 9.65. The number of nitrogens with one attached hydrogen (secondary N) is 2. The molecule has 1 atom stereocenters. The maximum Gasteiger partial charge on any atom is 0.221 e. The van der Waals surface area contributed by atoms with Crippen molar-refractivity contribution in [2.75, 3.05) is 50.7 Å². The molecule has 144 valence electrons. The van der Waals surface area contributed by atoms with Crippen LogP contribution in [0.2, 0.25) is 0 Å². The first-order valence-electron chi connectivity index (χ1n) is 10.2. The monoisotopic (exact) mass is 358 g/mol. The van der Waals surface area contributed by atoms with E-state index in [-0.39, 0.29) is 5.91 Å². The second kappa shape index (κ2) is 9.93. The molecule has 1 aromatic carbocycles. The lowest BCUT2D eigenvalue weighted by Crippen LogP contribution is -2.46. The van der Waals surface area contributed by atoms with E-state index in [0.29, 0.717) is 12.5 Å². The Morgan fingerprint density at radius 3 is 2.81 bits per heavy atom. The number of benzene rings is 1. The zero-order valence-corrected chi connectivity index (χ0v) is 16.2. The predicted octanol–water partition coefficient (Wildman–Crippen LogP) is 2.16. The molecule has 1 amide bonds. The van der Waals surface area contributed by atoms with Crippen LogP contribution in [0.15, 0.2) is 24.3 Å². The number of unbranched alkanes of at least 4 members (excludes halogenated alkanes) is 1. The Morgan fingerprint density at radius 2 is 2.08 bits per heavy atom. The minimum atomic E-state index is 0.205. The van der Waals surface area contributed by atoms with Gasteiger partial charge in [-0.3, -0.25) is 9.69 Å². The molecule has 3 rings (SSSR count). The number of anilines is 1. The molecule has 0 aromatic heterocycles. The molecule has 1 unspecified atom stereocenters. The molecule has 2 N–H and O–H groups in total. The van der Waals surface area contributed by atoms with Gasteiger partial charge in [0.15, 0.2) is 0 Å². The molecule has 0 saturated carbocycles. The first-order chi connectivity index (χ1) is 12.7. The normalized spacial score (nSPS) is 21.1. The van der Waals surface area contributed by atoms with E-state index in [1.165, 1.54) is 17.7 Å². The predicted molar refractivity (Wildman–Crippen MR) is 108 cm³/mol. The third-order valence-corrected chi connectivity index (χ3v) is 5.56. The topological polar surface area (TPSA) is 47.6 Å². The van der Waals surface area contributed by atoms with Gasteiger partial charge in [0, 0.05) is 50.9 Å². The summed E-state index contributed by atoms with van der Waals surface area (Å²) < 4.78 is 0. The van der Waals surface area contributed by atoms with E-state index in [1.54, 1.807) is 0 Å². The maximum atomic E-state index is 11.9. The third kappa shape index (κ3) is 5.99. The highest BCUT2D eigenvalue weighted by Gasteiger charge is 2.18. The zero-order valence-electron chi connectivity index (χ0n) is 16.2. The van der Waals surface area contributed by atoms with Crippen LogP contribution in [0.25, 0.3) is 0 Å². The van der Waals surface area contributed by atoms with Crippen molar-refractivity contribution in [2.24, 2.45) is 0 Å². The Hall–Kier alpha value is -1.59. The minimum absolute atomic E-state index is 0.205. The van der Waals surface area contributed by atoms with Gasteiger partial charge in [0.2, 0.25) is 5.91 Å². The minimum Gasteiger partial charge on any atom is -0.369 e. The van der Waals surface area contributed by atoms with Gasteiger partial charge >= 0.3 is 0 Å². The largest absolute Gasteiger partial charge is 0.369 e. The number of carbonyl (C=O) groups is 1. The van der Waals surface area contributed by atoms with Crippen molar-refractivity contribution < 1.29 is 4.79 Å². The summed E-state index contributed by atoms with van der Waals surface area (Å²) in [5.74, 6) is 0.205. The third-order valence-electron chi connectivity index (χ3n) is 5.56. The standard InChI is InChI=1S/C21H34N4O/c1-18-6-4-8-20(16-18)25-14-12-24(13-15-25)11-3-2-9-23-21(26)17-19-7-5-10-22-19/h4,6,8,16,19,22H,2-3,5,7,9-15,17H2,1H3,(H,23,26). The summed E-state index contributed by atoms with van der Waals surface area (Å²) in [5.41, 5.74) is 2.68. The number of aryl methyl sites for hydroxylation is 1. The lowest BCUT2D eigenvalue weighted by molar-refractivity contribution is -0.121. The molecule has 26 heavy (non-hydrogen) atoms. The Bertz CT molecular complexity index is 563. The maximum absolute atomic E-state index is 11.9. The van der Waals surface area contributed by atoms with Crippen LogP contribution in [0.4, 0.5) is 5.69 Å². The fourth-order valence-electron chi connectivity index (χ4n) is 3.97. The molecule has 2 fully saturated rings. The van der Waals surface area contributed by atoms with Gasteiger partial charge in [-0.05, 0) is 63.4 Å². The summed E-state index contributed by atoms with van der Waals surface area (Å²) in [6, 6.07) is 9.20. The molecular formula is C21H34N4O. The van der Waals surface area contributed by atoms with Crippen molar-refractivity contribution in [1.82, 2.24) is 15.5 Å². The molecular weight excluding hydrogens is 324 g/mol. The zero-order chi connectivity index (χ0) is 18.2. The molecule has 0 radical (unpaired) electrons. The van der Waals surface area contributed by atoms with Crippen molar-refractivity contribution in [2.45, 2.75) is 45.1 Å². The smallest absolute Gasteiger partial charge is 0.221 e. The molecule has 5 heteroatoms. The van der Waals surface area contributed by atoms with Crippen LogP contribution in [0.1, 0.15) is 37.7 Å². The number of hydrogen-bond acceptors (Lipinski definition) is 4. The molecule has 0 aliphatic carbocycles. The Balaban J connectivity index is 1.24. The van der Waals surface area contributed by atoms with E-state index in [2.05, 4.69) is 51.6 Å². The Kier molecular flexibility index (Phi) is 7.32. The SMILES string of the molecule is Cc1cccc(N2CCN(CCCCNC(=O)CC3CCCN3)CC2)c1. The quantitative estimate of drug-likeness (QED) is 0.699. The number of rotatable bonds is 8. The van der Waals surface area contributed by atoms with Crippen LogP contribution < -0.4 is 15.5 Å². The van der Waals surface area contributed by atoms with E-state index in [1.807, 2.05) is 0 Å². The number of nitrogens with zero attached hydrogens (tertiary/aromatic N) is 2. The van der Waals surface area contributed by atoms with Crippen molar-refractivity contribution in [1.29, 1.82) is 0 Å². The molecule has 2 saturated heterocycles. The van der Waals surface area contributed by atoms with E-state index < -0.39 is 0 Å². The Labute approximate surface area is 158 Å². The number of piperazine rings is 1. The fourth-order valence-corrected chi connectivity index (χ4v) is 3.97. The summed E-state index contributed by atoms with van der Waals surface area (Å²) >= 11 is 0. The van der Waals surface area contributed by atoms with Crippen molar-refractivity contribution >= 4 is 11.6 Å². The summed E-state index contributed by atoms with van der Waals surface area (Å²) in [6.07, 6.45) is 5.21. The van der Waals surface area contributed by atoms with E-state index >= 15 is 0 Å². The van der Waals surface area contributed by atoms with Gasteiger partial charge in [-0.1, -0.05) is 12.1 Å². The molecule has 1 aromatic rings. The number of carbonyl (C=O) groups excluding carboxylic acids is 1. The highest BCUT2D eigenvalue weighted by Crippen LogP contribution is 2.17. The van der Waals surface area contributed by atoms with E-state index in [9.17, 15) is 4.79 Å². The molecule has 5 nitrogen and oxygen atoms in total. The van der Waals surface area contributed by atoms with Crippen molar-refractivity contribution in [3.05, 3.63) is 29.8 Å². The van der Waals surface area contributed by atoms with Crippen LogP contribution in [-0.2, 0) is 4.79 Å².